The summed E-state index contributed by atoms with van der Waals surface area (Å²) < 4.78 is 15.2. The second kappa shape index (κ2) is 6.35. The van der Waals surface area contributed by atoms with Gasteiger partial charge in [0, 0.05) is 0 Å². The molecule has 0 radical (unpaired) electrons. The van der Waals surface area contributed by atoms with E-state index in [1.54, 1.807) is 6.08 Å². The first-order valence-corrected chi connectivity index (χ1v) is 7.34. The van der Waals surface area contributed by atoms with E-state index in [0.717, 1.165) is 4.55 Å². The average molecular weight is 308 g/mol. The number of rotatable bonds is 4. The van der Waals surface area contributed by atoms with Gasteiger partial charge in [0.1, 0.15) is 0 Å². The first-order chi connectivity index (χ1) is 6.68. The third kappa shape index (κ3) is 4.91. The quantitative estimate of drug-likeness (QED) is 0.428. The molecule has 0 unspecified atom stereocenters. The van der Waals surface area contributed by atoms with E-state index in [-0.39, 0.29) is 27.0 Å². The molecule has 0 saturated heterocycles. The van der Waals surface area contributed by atoms with Gasteiger partial charge in [-0.25, -0.2) is 0 Å². The maximum atomic E-state index is 12.8. The molecule has 0 amide bonds. The molecule has 0 heterocycles. The monoisotopic (exact) mass is 308 g/mol. The Morgan fingerprint density at radius 2 is 2.36 bits per heavy atom. The van der Waals surface area contributed by atoms with Gasteiger partial charge >= 0.3 is 95.5 Å². The molecule has 1 aliphatic rings. The van der Waals surface area contributed by atoms with Gasteiger partial charge in [-0.2, -0.15) is 0 Å². The molecule has 0 spiro atoms. The fourth-order valence-corrected chi connectivity index (χ4v) is 3.48. The van der Waals surface area contributed by atoms with E-state index >= 15 is 0 Å². The number of alkyl halides is 1. The number of nitrogens with one attached hydrogen (secondary N) is 1. The molecule has 0 saturated carbocycles. The molecule has 80 valence electrons. The predicted octanol–water partition coefficient (Wildman–Crippen LogP) is -0.272. The van der Waals surface area contributed by atoms with Crippen LogP contribution in [0.15, 0.2) is 33.7 Å². The van der Waals surface area contributed by atoms with Crippen molar-refractivity contribution < 1.29 is 25.6 Å². The van der Waals surface area contributed by atoms with E-state index in [1.807, 2.05) is 18.2 Å². The van der Waals surface area contributed by atoms with Crippen LogP contribution < -0.4 is 26.5 Å². The second-order valence-electron chi connectivity index (χ2n) is 3.39. The number of allylic oxidation sites excluding steroid dienone is 6. The molecular formula is C11H16FIN-. The van der Waals surface area contributed by atoms with Gasteiger partial charge in [0.05, 0.1) is 0 Å². The molecular weight excluding hydrogens is 292 g/mol. The predicted molar refractivity (Wildman–Crippen MR) is 54.2 cm³/mol. The van der Waals surface area contributed by atoms with Crippen molar-refractivity contribution in [1.29, 1.82) is 0 Å². The summed E-state index contributed by atoms with van der Waals surface area (Å²) in [4.78, 5) is 0. The molecule has 1 aliphatic carbocycles. The van der Waals surface area contributed by atoms with Gasteiger partial charge in [-0.05, 0) is 0 Å². The summed E-state index contributed by atoms with van der Waals surface area (Å²) >= 11 is -0.00373. The Hall–Kier alpha value is -0.160. The van der Waals surface area contributed by atoms with Crippen LogP contribution in [0.2, 0.25) is 0 Å². The minimum absolute atomic E-state index is 0.00373. The molecule has 0 aromatic heterocycles. The van der Waals surface area contributed by atoms with Gasteiger partial charge in [0.2, 0.25) is 0 Å². The van der Waals surface area contributed by atoms with Gasteiger partial charge in [-0.3, -0.25) is 0 Å². The summed E-state index contributed by atoms with van der Waals surface area (Å²) in [5.74, 6) is -0.0444. The minimum atomic E-state index is -0.0444. The average Bonchev–Trinajstić information content (AvgIpc) is 2.30. The zero-order chi connectivity index (χ0) is 10.4. The summed E-state index contributed by atoms with van der Waals surface area (Å²) in [5.41, 5.74) is 0. The molecule has 0 bridgehead atoms. The van der Waals surface area contributed by atoms with E-state index < -0.39 is 0 Å². The van der Waals surface area contributed by atoms with Crippen LogP contribution in [0.1, 0.15) is 20.3 Å². The Labute approximate surface area is 95.4 Å². The first-order valence-electron chi connectivity index (χ1n) is 4.74. The van der Waals surface area contributed by atoms with Crippen LogP contribution in [-0.4, -0.2) is 10.6 Å². The van der Waals surface area contributed by atoms with E-state index in [2.05, 4.69) is 19.2 Å². The third-order valence-corrected chi connectivity index (χ3v) is 4.23. The number of hydrogen-bond donors (Lipinski definition) is 1. The van der Waals surface area contributed by atoms with Crippen LogP contribution in [0, 0.1) is 0 Å². The Bertz CT molecular complexity index is 266. The van der Waals surface area contributed by atoms with E-state index in [4.69, 9.17) is 0 Å². The zero-order valence-corrected chi connectivity index (χ0v) is 10.7. The number of halogens is 2. The molecule has 1 rings (SSSR count). The number of hydrogen-bond acceptors (Lipinski definition) is 1. The summed E-state index contributed by atoms with van der Waals surface area (Å²) in [6.07, 6.45) is 7.85. The summed E-state index contributed by atoms with van der Waals surface area (Å²) in [6.45, 7) is 4.28. The van der Waals surface area contributed by atoms with Crippen molar-refractivity contribution in [3.63, 3.8) is 0 Å². The van der Waals surface area contributed by atoms with Crippen molar-refractivity contribution in [1.82, 2.24) is 5.32 Å². The molecule has 0 aromatic rings. The van der Waals surface area contributed by atoms with Crippen molar-refractivity contribution in [2.24, 2.45) is 0 Å². The van der Waals surface area contributed by atoms with E-state index in [0.29, 0.717) is 12.5 Å². The first kappa shape index (κ1) is 11.9. The van der Waals surface area contributed by atoms with Gasteiger partial charge in [-0.15, -0.1) is 0 Å². The normalized spacial score (nSPS) is 16.9. The summed E-state index contributed by atoms with van der Waals surface area (Å²) in [7, 11) is 0. The molecule has 0 aromatic carbocycles. The standard InChI is InChI=1S/C11H16FIN/c1-9(2)14-8-13-11-5-3-4-10(12)6-7-11/h3-5,7,9,14H,6,8H2,1-2H3/q-1. The van der Waals surface area contributed by atoms with Crippen LogP contribution in [0.25, 0.3) is 0 Å². The van der Waals surface area contributed by atoms with Crippen molar-refractivity contribution in [3.05, 3.63) is 33.7 Å². The van der Waals surface area contributed by atoms with Crippen LogP contribution >= 0.6 is 0 Å². The Kier molecular flexibility index (Phi) is 5.40. The maximum absolute atomic E-state index is 12.8. The molecule has 3 heteroatoms. The molecule has 1 N–H and O–H groups in total. The molecule has 1 nitrogen and oxygen atoms in total. The van der Waals surface area contributed by atoms with Crippen LogP contribution in [0.3, 0.4) is 0 Å². The molecule has 0 atom stereocenters. The van der Waals surface area contributed by atoms with Gasteiger partial charge in [0.25, 0.3) is 0 Å². The van der Waals surface area contributed by atoms with Crippen molar-refractivity contribution >= 4 is 0 Å². The fraction of sp³-hybridized carbons (Fsp3) is 0.455. The van der Waals surface area contributed by atoms with Gasteiger partial charge in [0.15, 0.2) is 0 Å². The Morgan fingerprint density at radius 1 is 1.57 bits per heavy atom. The third-order valence-electron chi connectivity index (χ3n) is 1.73. The molecule has 0 fully saturated rings. The van der Waals surface area contributed by atoms with E-state index in [9.17, 15) is 4.39 Å². The summed E-state index contributed by atoms with van der Waals surface area (Å²) in [5, 5.41) is 3.39. The Morgan fingerprint density at radius 3 is 3.07 bits per heavy atom. The van der Waals surface area contributed by atoms with Crippen LogP contribution in [0.4, 0.5) is 4.39 Å². The molecule has 0 aliphatic heterocycles. The SMILES string of the molecule is CC(C)NC[I-]C1=CCC(F)=CC=C1. The summed E-state index contributed by atoms with van der Waals surface area (Å²) in [6, 6.07) is 0.542. The van der Waals surface area contributed by atoms with Gasteiger partial charge in [-0.1, -0.05) is 0 Å². The van der Waals surface area contributed by atoms with Crippen LogP contribution in [-0.2, 0) is 0 Å². The fourth-order valence-electron chi connectivity index (χ4n) is 0.945. The van der Waals surface area contributed by atoms with Crippen molar-refractivity contribution in [3.8, 4) is 0 Å². The topological polar surface area (TPSA) is 12.0 Å². The van der Waals surface area contributed by atoms with E-state index in [1.165, 1.54) is 3.58 Å². The van der Waals surface area contributed by atoms with Gasteiger partial charge < -0.3 is 0 Å². The zero-order valence-electron chi connectivity index (χ0n) is 8.56. The van der Waals surface area contributed by atoms with Crippen molar-refractivity contribution in [2.45, 2.75) is 26.3 Å². The van der Waals surface area contributed by atoms with Crippen molar-refractivity contribution in [2.75, 3.05) is 4.55 Å². The second-order valence-corrected chi connectivity index (χ2v) is 6.16. The van der Waals surface area contributed by atoms with Crippen LogP contribution in [0.5, 0.6) is 0 Å². The Balaban J connectivity index is 2.32. The molecule has 14 heavy (non-hydrogen) atoms.